The maximum absolute atomic E-state index is 11.8. The van der Waals surface area contributed by atoms with Gasteiger partial charge in [-0.25, -0.2) is 0 Å². The van der Waals surface area contributed by atoms with Crippen LogP contribution in [0.1, 0.15) is 93.4 Å². The summed E-state index contributed by atoms with van der Waals surface area (Å²) in [4.78, 5) is 0. The van der Waals surface area contributed by atoms with Gasteiger partial charge in [0.25, 0.3) is 0 Å². The molecule has 3 N–H and O–H groups in total. The Kier molecular flexibility index (Phi) is 14.2. The molecular formula is C31H58O7Sn. The third kappa shape index (κ3) is 7.81. The van der Waals surface area contributed by atoms with Crippen LogP contribution < -0.4 is 0 Å². The summed E-state index contributed by atoms with van der Waals surface area (Å²) >= 11 is 0.149. The van der Waals surface area contributed by atoms with Crippen LogP contribution in [0.15, 0.2) is 12.7 Å². The van der Waals surface area contributed by atoms with Crippen LogP contribution in [0.5, 0.6) is 0 Å². The van der Waals surface area contributed by atoms with Crippen molar-refractivity contribution >= 4 is 21.1 Å². The van der Waals surface area contributed by atoms with E-state index in [1.54, 1.807) is 16.0 Å². The molecular weight excluding hydrogens is 603 g/mol. The van der Waals surface area contributed by atoms with Crippen LogP contribution >= 0.6 is 0 Å². The van der Waals surface area contributed by atoms with Gasteiger partial charge in [-0.15, -0.1) is 6.58 Å². The van der Waals surface area contributed by atoms with Gasteiger partial charge in [-0.05, 0) is 44.4 Å². The van der Waals surface area contributed by atoms with Crippen molar-refractivity contribution in [1.29, 1.82) is 0 Å². The maximum atomic E-state index is 11.8. The van der Waals surface area contributed by atoms with Crippen molar-refractivity contribution in [2.75, 3.05) is 13.9 Å². The first-order valence-electron chi connectivity index (χ1n) is 15.2. The van der Waals surface area contributed by atoms with Crippen LogP contribution in [0, 0.1) is 23.2 Å². The Balaban J connectivity index is 0.000000510. The third-order valence-electron chi connectivity index (χ3n) is 9.44. The number of methoxy groups -OCH3 is 1. The fourth-order valence-corrected chi connectivity index (χ4v) is 11.2. The van der Waals surface area contributed by atoms with E-state index in [4.69, 9.17) is 18.9 Å². The molecule has 3 aliphatic rings. The molecule has 0 amide bonds. The molecule has 1 aliphatic carbocycles. The molecule has 9 atom stereocenters. The van der Waals surface area contributed by atoms with E-state index in [9.17, 15) is 15.3 Å². The standard InChI is InChI=1S/C23H40O7.2C4H9.Sn/c1-8-17(24)19(29-13(2)3)15-11-23(26)22(25)10-9-16(21(22,5)6)20(28-12-27-7)18(30-23)14(15)4;2*1-3-4-2;/h8,13-20,24-26H,1,9-12H2,2-7H3;2*1,3-4H2,2H3;/t14-,15+,16-,17-,18-,19+,20-,22+,23+;;;/m1.../s1. The minimum atomic E-state index is -1.77. The number of unbranched alkanes of at least 4 members (excludes halogenated alkanes) is 2. The predicted octanol–water partition coefficient (Wildman–Crippen LogP) is 5.35. The van der Waals surface area contributed by atoms with Gasteiger partial charge in [-0.3, -0.25) is 0 Å². The Morgan fingerprint density at radius 2 is 1.74 bits per heavy atom. The van der Waals surface area contributed by atoms with Crippen molar-refractivity contribution < 1.29 is 34.3 Å². The quantitative estimate of drug-likeness (QED) is 0.1000. The molecule has 2 aliphatic heterocycles. The molecule has 2 radical (unpaired) electrons. The topological polar surface area (TPSA) is 97.6 Å². The van der Waals surface area contributed by atoms with Crippen LogP contribution in [0.2, 0.25) is 8.87 Å². The zero-order valence-electron chi connectivity index (χ0n) is 25.9. The van der Waals surface area contributed by atoms with E-state index in [1.807, 2.05) is 34.6 Å². The van der Waals surface area contributed by atoms with Gasteiger partial charge in [-0.2, -0.15) is 0 Å². The van der Waals surface area contributed by atoms with Gasteiger partial charge in [0.1, 0.15) is 12.4 Å². The van der Waals surface area contributed by atoms with E-state index in [1.165, 1.54) is 31.8 Å². The second kappa shape index (κ2) is 15.6. The van der Waals surface area contributed by atoms with Gasteiger partial charge < -0.3 is 34.3 Å². The van der Waals surface area contributed by atoms with E-state index >= 15 is 0 Å². The van der Waals surface area contributed by atoms with Crippen molar-refractivity contribution in [2.24, 2.45) is 23.2 Å². The first-order valence-corrected chi connectivity index (χ1v) is 19.3. The summed E-state index contributed by atoms with van der Waals surface area (Å²) in [6.07, 6.45) is 6.19. The molecule has 2 saturated heterocycles. The molecule has 39 heavy (non-hydrogen) atoms. The fourth-order valence-electron chi connectivity index (χ4n) is 7.00. The van der Waals surface area contributed by atoms with Crippen molar-refractivity contribution in [3.8, 4) is 0 Å². The van der Waals surface area contributed by atoms with Gasteiger partial charge in [0.05, 0.1) is 30.5 Å². The zero-order chi connectivity index (χ0) is 29.4. The summed E-state index contributed by atoms with van der Waals surface area (Å²) < 4.78 is 27.0. The van der Waals surface area contributed by atoms with Crippen LogP contribution in [-0.4, -0.2) is 92.3 Å². The molecule has 0 aromatic rings. The van der Waals surface area contributed by atoms with Crippen LogP contribution in [0.25, 0.3) is 0 Å². The molecule has 0 spiro atoms. The summed E-state index contributed by atoms with van der Waals surface area (Å²) in [6, 6.07) is 0. The van der Waals surface area contributed by atoms with Crippen LogP contribution in [0.3, 0.4) is 0 Å². The molecule has 0 aromatic carbocycles. The number of ether oxygens (including phenoxy) is 4. The van der Waals surface area contributed by atoms with Crippen LogP contribution in [-0.2, 0) is 18.9 Å². The molecule has 4 bridgehead atoms. The first-order chi connectivity index (χ1) is 18.3. The molecule has 7 nitrogen and oxygen atoms in total. The Morgan fingerprint density at radius 3 is 2.26 bits per heavy atom. The number of hydrogen-bond acceptors (Lipinski definition) is 7. The fraction of sp³-hybridized carbons (Fsp3) is 0.935. The number of fused-ring (bicyclic) bond motifs is 5. The van der Waals surface area contributed by atoms with Crippen molar-refractivity contribution in [1.82, 2.24) is 0 Å². The second-order valence-electron chi connectivity index (χ2n) is 12.7. The predicted molar refractivity (Wildman–Crippen MR) is 157 cm³/mol. The molecule has 3 rings (SSSR count). The van der Waals surface area contributed by atoms with Crippen molar-refractivity contribution in [2.45, 2.75) is 144 Å². The summed E-state index contributed by atoms with van der Waals surface area (Å²) in [5.74, 6) is -2.13. The average Bonchev–Trinajstić information content (AvgIpc) is 3.12. The molecule has 1 saturated carbocycles. The number of aliphatic hydroxyl groups excluding tert-OH is 1. The van der Waals surface area contributed by atoms with Crippen LogP contribution in [0.4, 0.5) is 0 Å². The number of rotatable bonds is 14. The molecule has 228 valence electrons. The number of hydrogen-bond donors (Lipinski definition) is 3. The zero-order valence-corrected chi connectivity index (χ0v) is 28.8. The van der Waals surface area contributed by atoms with Gasteiger partial charge in [-0.1, -0.05) is 26.8 Å². The summed E-state index contributed by atoms with van der Waals surface area (Å²) in [5.41, 5.74) is -2.07. The molecule has 0 aromatic heterocycles. The van der Waals surface area contributed by atoms with E-state index in [0.29, 0.717) is 6.42 Å². The normalized spacial score (nSPS) is 36.6. The average molecular weight is 662 g/mol. The van der Waals surface area contributed by atoms with Gasteiger partial charge in [0, 0.05) is 18.9 Å². The third-order valence-corrected chi connectivity index (χ3v) is 13.5. The molecule has 3 fully saturated rings. The molecule has 8 heteroatoms. The Labute approximate surface area is 248 Å². The van der Waals surface area contributed by atoms with Gasteiger partial charge in [0.15, 0.2) is 5.79 Å². The Morgan fingerprint density at radius 1 is 1.13 bits per heavy atom. The molecule has 2 heterocycles. The first kappa shape index (κ1) is 35.5. The van der Waals surface area contributed by atoms with Gasteiger partial charge in [0.2, 0.25) is 0 Å². The SMILES string of the molecule is C=C[C@@H](O)[C@@H](OC(C)C)[C@H]1C[C@]2(O)O[C@H]([C@@H]1C)[C@H](OCOC)[C@H]1CC[C@]2(O)C1(C)C.CCC[CH2][Sn][CH2]CCC. The Hall–Kier alpha value is 0.259. The van der Waals surface area contributed by atoms with Gasteiger partial charge >= 0.3 is 69.5 Å². The number of aliphatic hydroxyl groups is 3. The van der Waals surface area contributed by atoms with Crippen molar-refractivity contribution in [3.63, 3.8) is 0 Å². The summed E-state index contributed by atoms with van der Waals surface area (Å²) in [6.45, 7) is 18.3. The van der Waals surface area contributed by atoms with E-state index in [0.717, 1.165) is 6.42 Å². The van der Waals surface area contributed by atoms with Crippen molar-refractivity contribution in [3.05, 3.63) is 12.7 Å². The van der Waals surface area contributed by atoms with E-state index < -0.39 is 35.1 Å². The van der Waals surface area contributed by atoms with E-state index in [2.05, 4.69) is 20.4 Å². The molecule has 0 unspecified atom stereocenters. The Bertz CT molecular complexity index is 728. The summed E-state index contributed by atoms with van der Waals surface area (Å²) in [7, 11) is 1.57. The second-order valence-corrected chi connectivity index (χ2v) is 17.0. The monoisotopic (exact) mass is 662 g/mol. The summed E-state index contributed by atoms with van der Waals surface area (Å²) in [5, 5.41) is 34.3. The minimum absolute atomic E-state index is 0.00771. The van der Waals surface area contributed by atoms with E-state index in [-0.39, 0.29) is 64.3 Å².